The highest BCUT2D eigenvalue weighted by Gasteiger charge is 1.98. The number of nitrogens with zero attached hydrogens (tertiary/aromatic N) is 2. The smallest absolute Gasteiger partial charge is 0.333 e. The summed E-state index contributed by atoms with van der Waals surface area (Å²) in [6.07, 6.45) is 1.08. The molecule has 0 aliphatic heterocycles. The number of hydrogen-bond donors (Lipinski definition) is 0. The van der Waals surface area contributed by atoms with Crippen LogP contribution >= 0.6 is 0 Å². The fourth-order valence-corrected chi connectivity index (χ4v) is 1.73. The first kappa shape index (κ1) is 16.4. The number of esters is 1. The van der Waals surface area contributed by atoms with E-state index in [4.69, 9.17) is 9.47 Å². The van der Waals surface area contributed by atoms with Crippen LogP contribution < -0.4 is 4.74 Å². The molecule has 0 amide bonds. The predicted molar refractivity (Wildman–Crippen MR) is 88.3 cm³/mol. The summed E-state index contributed by atoms with van der Waals surface area (Å²) in [6.45, 7) is 7.24. The minimum Gasteiger partial charge on any atom is -0.457 e. The third-order valence-electron chi connectivity index (χ3n) is 3.20. The average Bonchev–Trinajstić information content (AvgIpc) is 2.57. The van der Waals surface area contributed by atoms with E-state index >= 15 is 0 Å². The third-order valence-corrected chi connectivity index (χ3v) is 3.20. The van der Waals surface area contributed by atoms with Crippen LogP contribution in [0.15, 0.2) is 65.3 Å². The second-order valence-electron chi connectivity index (χ2n) is 4.89. The molecular weight excluding hydrogens is 292 g/mol. The molecule has 0 fully saturated rings. The van der Waals surface area contributed by atoms with Crippen LogP contribution in [0.2, 0.25) is 0 Å². The zero-order valence-electron chi connectivity index (χ0n) is 13.2. The lowest BCUT2D eigenvalue weighted by atomic mass is 10.1. The zero-order valence-corrected chi connectivity index (χ0v) is 13.2. The predicted octanol–water partition coefficient (Wildman–Crippen LogP) is 4.78. The summed E-state index contributed by atoms with van der Waals surface area (Å²) in [5, 5.41) is 8.39. The van der Waals surface area contributed by atoms with Crippen LogP contribution in [0.3, 0.4) is 0 Å². The van der Waals surface area contributed by atoms with Gasteiger partial charge in [-0.1, -0.05) is 12.6 Å². The molecule has 0 aliphatic rings. The van der Waals surface area contributed by atoms with Crippen molar-refractivity contribution in [2.75, 3.05) is 6.79 Å². The van der Waals surface area contributed by atoms with E-state index in [1.807, 2.05) is 25.1 Å². The fraction of sp³-hybridized carbons (Fsp3) is 0.167. The molecule has 5 heteroatoms. The van der Waals surface area contributed by atoms with Gasteiger partial charge in [0.15, 0.2) is 0 Å². The van der Waals surface area contributed by atoms with Crippen LogP contribution in [0, 0.1) is 13.8 Å². The Bertz CT molecular complexity index is 722. The first-order valence-corrected chi connectivity index (χ1v) is 7.09. The standard InChI is InChI=1S/C18H18N2O3/c1-4-18(21)23-12-22-17-9-7-15(8-10-17)19-20-16-6-5-13(2)14(3)11-16/h4-11H,1,12H2,2-3H3. The Morgan fingerprint density at radius 1 is 1.04 bits per heavy atom. The van der Waals surface area contributed by atoms with E-state index in [9.17, 15) is 4.79 Å². The van der Waals surface area contributed by atoms with Crippen LogP contribution in [0.1, 0.15) is 11.1 Å². The fourth-order valence-electron chi connectivity index (χ4n) is 1.73. The summed E-state index contributed by atoms with van der Waals surface area (Å²) in [5.41, 5.74) is 3.92. The number of carbonyl (C=O) groups excluding carboxylic acids is 1. The molecular formula is C18H18N2O3. The highest BCUT2D eigenvalue weighted by Crippen LogP contribution is 2.22. The molecule has 0 unspecified atom stereocenters. The summed E-state index contributed by atoms with van der Waals surface area (Å²) < 4.78 is 9.99. The van der Waals surface area contributed by atoms with Crippen molar-refractivity contribution in [3.8, 4) is 5.75 Å². The largest absolute Gasteiger partial charge is 0.457 e. The second kappa shape index (κ2) is 7.89. The highest BCUT2D eigenvalue weighted by molar-refractivity contribution is 5.81. The van der Waals surface area contributed by atoms with Gasteiger partial charge in [-0.2, -0.15) is 10.2 Å². The van der Waals surface area contributed by atoms with Gasteiger partial charge >= 0.3 is 5.97 Å². The Hall–Kier alpha value is -2.95. The van der Waals surface area contributed by atoms with E-state index in [2.05, 4.69) is 23.7 Å². The zero-order chi connectivity index (χ0) is 16.7. The van der Waals surface area contributed by atoms with Crippen LogP contribution in [0.4, 0.5) is 11.4 Å². The molecule has 0 aliphatic carbocycles. The minimum absolute atomic E-state index is 0.158. The Morgan fingerprint density at radius 3 is 2.35 bits per heavy atom. The number of hydrogen-bond acceptors (Lipinski definition) is 5. The van der Waals surface area contributed by atoms with E-state index in [1.165, 1.54) is 11.1 Å². The molecule has 5 nitrogen and oxygen atoms in total. The molecule has 2 rings (SSSR count). The van der Waals surface area contributed by atoms with Crippen molar-refractivity contribution in [1.82, 2.24) is 0 Å². The van der Waals surface area contributed by atoms with Crippen molar-refractivity contribution in [2.24, 2.45) is 10.2 Å². The van der Waals surface area contributed by atoms with Gasteiger partial charge in [0, 0.05) is 6.08 Å². The molecule has 0 atom stereocenters. The number of rotatable bonds is 6. The normalized spacial score (nSPS) is 10.5. The molecule has 0 aromatic heterocycles. The van der Waals surface area contributed by atoms with Gasteiger partial charge in [-0.25, -0.2) is 4.79 Å². The lowest BCUT2D eigenvalue weighted by molar-refractivity contribution is -0.144. The van der Waals surface area contributed by atoms with Crippen molar-refractivity contribution in [1.29, 1.82) is 0 Å². The third kappa shape index (κ3) is 5.07. The quantitative estimate of drug-likeness (QED) is 0.334. The number of aryl methyl sites for hydroxylation is 2. The van der Waals surface area contributed by atoms with Crippen LogP contribution in [0.5, 0.6) is 5.75 Å². The maximum Gasteiger partial charge on any atom is 0.333 e. The van der Waals surface area contributed by atoms with Gasteiger partial charge in [-0.3, -0.25) is 0 Å². The SMILES string of the molecule is C=CC(=O)OCOc1ccc(N=Nc2ccc(C)c(C)c2)cc1. The van der Waals surface area contributed by atoms with E-state index < -0.39 is 5.97 Å². The maximum absolute atomic E-state index is 10.9. The van der Waals surface area contributed by atoms with E-state index in [0.717, 1.165) is 11.8 Å². The monoisotopic (exact) mass is 310 g/mol. The van der Waals surface area contributed by atoms with Gasteiger partial charge in [0.25, 0.3) is 0 Å². The van der Waals surface area contributed by atoms with Crippen LogP contribution in [-0.4, -0.2) is 12.8 Å². The Kier molecular flexibility index (Phi) is 5.63. The summed E-state index contributed by atoms with van der Waals surface area (Å²) in [6, 6.07) is 12.9. The molecule has 0 saturated carbocycles. The van der Waals surface area contributed by atoms with Gasteiger partial charge in [0.05, 0.1) is 11.4 Å². The van der Waals surface area contributed by atoms with Crippen LogP contribution in [-0.2, 0) is 9.53 Å². The number of azo groups is 1. The maximum atomic E-state index is 10.9. The molecule has 2 aromatic rings. The lowest BCUT2D eigenvalue weighted by Gasteiger charge is -2.05. The second-order valence-corrected chi connectivity index (χ2v) is 4.89. The van der Waals surface area contributed by atoms with Crippen LogP contribution in [0.25, 0.3) is 0 Å². The Balaban J connectivity index is 1.93. The molecule has 0 heterocycles. The summed E-state index contributed by atoms with van der Waals surface area (Å²) >= 11 is 0. The lowest BCUT2D eigenvalue weighted by Crippen LogP contribution is -2.07. The van der Waals surface area contributed by atoms with Gasteiger partial charge in [0.1, 0.15) is 5.75 Å². The Morgan fingerprint density at radius 2 is 1.70 bits per heavy atom. The molecule has 0 bridgehead atoms. The molecule has 2 aromatic carbocycles. The van der Waals surface area contributed by atoms with E-state index in [-0.39, 0.29) is 6.79 Å². The van der Waals surface area contributed by atoms with Crippen molar-refractivity contribution in [2.45, 2.75) is 13.8 Å². The molecule has 0 radical (unpaired) electrons. The summed E-state index contributed by atoms with van der Waals surface area (Å²) in [4.78, 5) is 10.9. The molecule has 0 saturated heterocycles. The molecule has 118 valence electrons. The number of ether oxygens (including phenoxy) is 2. The minimum atomic E-state index is -0.524. The van der Waals surface area contributed by atoms with Gasteiger partial charge in [0.2, 0.25) is 6.79 Å². The first-order valence-electron chi connectivity index (χ1n) is 7.09. The topological polar surface area (TPSA) is 60.2 Å². The number of carbonyl (C=O) groups is 1. The summed E-state index contributed by atoms with van der Waals surface area (Å²) in [5.74, 6) is 0.0517. The van der Waals surface area contributed by atoms with Crippen molar-refractivity contribution in [3.63, 3.8) is 0 Å². The van der Waals surface area contributed by atoms with Gasteiger partial charge < -0.3 is 9.47 Å². The Labute approximate surface area is 135 Å². The molecule has 0 spiro atoms. The van der Waals surface area contributed by atoms with E-state index in [0.29, 0.717) is 11.4 Å². The van der Waals surface area contributed by atoms with Crippen molar-refractivity contribution >= 4 is 17.3 Å². The van der Waals surface area contributed by atoms with Crippen molar-refractivity contribution < 1.29 is 14.3 Å². The van der Waals surface area contributed by atoms with Gasteiger partial charge in [-0.05, 0) is 61.4 Å². The van der Waals surface area contributed by atoms with E-state index in [1.54, 1.807) is 24.3 Å². The van der Waals surface area contributed by atoms with Gasteiger partial charge in [-0.15, -0.1) is 0 Å². The first-order chi connectivity index (χ1) is 11.1. The highest BCUT2D eigenvalue weighted by atomic mass is 16.7. The average molecular weight is 310 g/mol. The number of benzene rings is 2. The molecule has 0 N–H and O–H groups in total. The summed E-state index contributed by atoms with van der Waals surface area (Å²) in [7, 11) is 0. The van der Waals surface area contributed by atoms with Crippen molar-refractivity contribution in [3.05, 3.63) is 66.2 Å². The molecule has 23 heavy (non-hydrogen) atoms.